The van der Waals surface area contributed by atoms with Gasteiger partial charge in [0.25, 0.3) is 0 Å². The van der Waals surface area contributed by atoms with Crippen LogP contribution in [0.1, 0.15) is 5.69 Å². The average Bonchev–Trinajstić information content (AvgIpc) is 3.16. The van der Waals surface area contributed by atoms with Crippen molar-refractivity contribution in [2.45, 2.75) is 6.18 Å². The zero-order valence-corrected chi connectivity index (χ0v) is 15.6. The van der Waals surface area contributed by atoms with Gasteiger partial charge in [0.15, 0.2) is 11.3 Å². The second-order valence-electron chi connectivity index (χ2n) is 6.28. The van der Waals surface area contributed by atoms with Gasteiger partial charge in [0.05, 0.1) is 26.1 Å². The molecule has 29 heavy (non-hydrogen) atoms. The Hall–Kier alpha value is -3.55. The van der Waals surface area contributed by atoms with Crippen LogP contribution in [-0.4, -0.2) is 28.8 Å². The molecule has 0 amide bonds. The van der Waals surface area contributed by atoms with Gasteiger partial charge in [-0.2, -0.15) is 18.3 Å². The first kappa shape index (κ1) is 18.8. The van der Waals surface area contributed by atoms with Crippen molar-refractivity contribution >= 4 is 5.65 Å². The number of methoxy groups -OCH3 is 2. The quantitative estimate of drug-likeness (QED) is 0.479. The average molecular weight is 399 g/mol. The maximum atomic E-state index is 13.7. The molecule has 0 fully saturated rings. The van der Waals surface area contributed by atoms with E-state index in [0.29, 0.717) is 28.2 Å². The number of nitrogens with zero attached hydrogens (tertiary/aromatic N) is 3. The number of halogens is 3. The number of hydrogen-bond donors (Lipinski definition) is 0. The van der Waals surface area contributed by atoms with Gasteiger partial charge in [0, 0.05) is 11.1 Å². The van der Waals surface area contributed by atoms with E-state index in [9.17, 15) is 13.2 Å². The molecule has 5 nitrogen and oxygen atoms in total. The fourth-order valence-electron chi connectivity index (χ4n) is 3.05. The highest BCUT2D eigenvalue weighted by molar-refractivity contribution is 5.79. The van der Waals surface area contributed by atoms with Crippen LogP contribution in [0.5, 0.6) is 11.5 Å². The maximum Gasteiger partial charge on any atom is 0.433 e. The normalized spacial score (nSPS) is 11.6. The highest BCUT2D eigenvalue weighted by Gasteiger charge is 2.35. The summed E-state index contributed by atoms with van der Waals surface area (Å²) >= 11 is 0. The smallest absolute Gasteiger partial charge is 0.433 e. The Morgan fingerprint density at radius 1 is 0.828 bits per heavy atom. The van der Waals surface area contributed by atoms with E-state index in [1.807, 2.05) is 0 Å². The van der Waals surface area contributed by atoms with Crippen LogP contribution in [0.2, 0.25) is 0 Å². The van der Waals surface area contributed by atoms with Crippen LogP contribution in [0.15, 0.2) is 60.8 Å². The Kier molecular flexibility index (Phi) is 4.62. The van der Waals surface area contributed by atoms with Crippen molar-refractivity contribution in [1.82, 2.24) is 14.6 Å². The summed E-state index contributed by atoms with van der Waals surface area (Å²) in [5.41, 5.74) is 1.15. The standard InChI is InChI=1S/C21H16F3N3O2/c1-28-15-7-3-13(4-8-15)17-12-25-27-19(21(22,23)24)11-18(26-20(17)27)14-5-9-16(29-2)10-6-14/h3-12H,1-2H3. The first-order chi connectivity index (χ1) is 13.9. The Bertz CT molecular complexity index is 1150. The molecule has 0 N–H and O–H groups in total. The molecule has 148 valence electrons. The van der Waals surface area contributed by atoms with Crippen LogP contribution in [0.25, 0.3) is 28.0 Å². The lowest BCUT2D eigenvalue weighted by atomic mass is 10.1. The summed E-state index contributed by atoms with van der Waals surface area (Å²) in [4.78, 5) is 4.48. The van der Waals surface area contributed by atoms with Gasteiger partial charge in [-0.05, 0) is 48.0 Å². The fraction of sp³-hybridized carbons (Fsp3) is 0.143. The lowest BCUT2D eigenvalue weighted by Gasteiger charge is -2.12. The number of ether oxygens (including phenoxy) is 2. The minimum Gasteiger partial charge on any atom is -0.497 e. The third kappa shape index (κ3) is 3.49. The van der Waals surface area contributed by atoms with Gasteiger partial charge in [-0.3, -0.25) is 0 Å². The zero-order chi connectivity index (χ0) is 20.6. The van der Waals surface area contributed by atoms with Crippen LogP contribution < -0.4 is 9.47 Å². The van der Waals surface area contributed by atoms with E-state index >= 15 is 0 Å². The Morgan fingerprint density at radius 2 is 1.38 bits per heavy atom. The van der Waals surface area contributed by atoms with Crippen molar-refractivity contribution in [2.75, 3.05) is 14.2 Å². The molecule has 2 aromatic heterocycles. The maximum absolute atomic E-state index is 13.7. The van der Waals surface area contributed by atoms with Gasteiger partial charge >= 0.3 is 6.18 Å². The number of rotatable bonds is 4. The second kappa shape index (κ2) is 7.12. The first-order valence-electron chi connectivity index (χ1n) is 8.65. The van der Waals surface area contributed by atoms with E-state index in [2.05, 4.69) is 10.1 Å². The Morgan fingerprint density at radius 3 is 1.90 bits per heavy atom. The van der Waals surface area contributed by atoms with Gasteiger partial charge < -0.3 is 9.47 Å². The van der Waals surface area contributed by atoms with E-state index in [0.717, 1.165) is 10.6 Å². The number of hydrogen-bond acceptors (Lipinski definition) is 4. The van der Waals surface area contributed by atoms with Crippen molar-refractivity contribution < 1.29 is 22.6 Å². The molecule has 0 spiro atoms. The molecule has 8 heteroatoms. The number of benzene rings is 2. The molecule has 4 rings (SSSR count). The van der Waals surface area contributed by atoms with E-state index in [4.69, 9.17) is 9.47 Å². The first-order valence-corrected chi connectivity index (χ1v) is 8.65. The molecule has 0 bridgehead atoms. The molecule has 0 aliphatic carbocycles. The topological polar surface area (TPSA) is 48.7 Å². The summed E-state index contributed by atoms with van der Waals surface area (Å²) in [5.74, 6) is 1.25. The molecule has 0 atom stereocenters. The van der Waals surface area contributed by atoms with Crippen LogP contribution in [0.4, 0.5) is 13.2 Å². The van der Waals surface area contributed by atoms with Gasteiger partial charge in [0.1, 0.15) is 11.5 Å². The molecule has 2 heterocycles. The predicted octanol–water partition coefficient (Wildman–Crippen LogP) is 5.10. The van der Waals surface area contributed by atoms with Crippen molar-refractivity contribution in [3.05, 3.63) is 66.5 Å². The molecule has 2 aromatic carbocycles. The highest BCUT2D eigenvalue weighted by atomic mass is 19.4. The summed E-state index contributed by atoms with van der Waals surface area (Å²) < 4.78 is 52.2. The molecular formula is C21H16F3N3O2. The minimum absolute atomic E-state index is 0.121. The molecule has 0 unspecified atom stereocenters. The van der Waals surface area contributed by atoms with Crippen LogP contribution in [-0.2, 0) is 6.18 Å². The minimum atomic E-state index is -4.59. The van der Waals surface area contributed by atoms with Crippen LogP contribution in [0, 0.1) is 0 Å². The molecule has 0 aliphatic rings. The summed E-state index contributed by atoms with van der Waals surface area (Å²) in [6.45, 7) is 0. The highest BCUT2D eigenvalue weighted by Crippen LogP contribution is 2.35. The van der Waals surface area contributed by atoms with Gasteiger partial charge in [-0.25, -0.2) is 9.50 Å². The van der Waals surface area contributed by atoms with E-state index in [-0.39, 0.29) is 11.3 Å². The third-order valence-electron chi connectivity index (χ3n) is 4.55. The molecule has 0 saturated heterocycles. The van der Waals surface area contributed by atoms with Gasteiger partial charge in [-0.15, -0.1) is 0 Å². The predicted molar refractivity (Wildman–Crippen MR) is 102 cm³/mol. The molecule has 4 aromatic rings. The van der Waals surface area contributed by atoms with Crippen LogP contribution in [0.3, 0.4) is 0 Å². The SMILES string of the molecule is COc1ccc(-c2cc(C(F)(F)F)n3ncc(-c4ccc(OC)cc4)c3n2)cc1. The van der Waals surface area contributed by atoms with Crippen molar-refractivity contribution in [3.8, 4) is 33.9 Å². The number of aromatic nitrogens is 3. The number of alkyl halides is 3. The number of fused-ring (bicyclic) bond motifs is 1. The summed E-state index contributed by atoms with van der Waals surface area (Å²) in [6, 6.07) is 14.7. The van der Waals surface area contributed by atoms with Crippen LogP contribution >= 0.6 is 0 Å². The van der Waals surface area contributed by atoms with Crippen molar-refractivity contribution in [2.24, 2.45) is 0 Å². The van der Waals surface area contributed by atoms with Crippen molar-refractivity contribution in [1.29, 1.82) is 0 Å². The zero-order valence-electron chi connectivity index (χ0n) is 15.6. The lowest BCUT2D eigenvalue weighted by molar-refractivity contribution is -0.142. The van der Waals surface area contributed by atoms with Gasteiger partial charge in [0.2, 0.25) is 0 Å². The summed E-state index contributed by atoms with van der Waals surface area (Å²) in [5, 5.41) is 3.95. The lowest BCUT2D eigenvalue weighted by Crippen LogP contribution is -2.13. The van der Waals surface area contributed by atoms with E-state index < -0.39 is 11.9 Å². The monoisotopic (exact) mass is 399 g/mol. The molecular weight excluding hydrogens is 383 g/mol. The summed E-state index contributed by atoms with van der Waals surface area (Å²) in [7, 11) is 3.07. The van der Waals surface area contributed by atoms with Crippen molar-refractivity contribution in [3.63, 3.8) is 0 Å². The van der Waals surface area contributed by atoms with Gasteiger partial charge in [-0.1, -0.05) is 12.1 Å². The Labute approximate surface area is 164 Å². The molecule has 0 aliphatic heterocycles. The fourth-order valence-corrected chi connectivity index (χ4v) is 3.05. The summed E-state index contributed by atoms with van der Waals surface area (Å²) in [6.07, 6.45) is -3.21. The molecule has 0 saturated carbocycles. The second-order valence-corrected chi connectivity index (χ2v) is 6.28. The largest absolute Gasteiger partial charge is 0.497 e. The Balaban J connectivity index is 1.93. The van der Waals surface area contributed by atoms with E-state index in [1.165, 1.54) is 13.3 Å². The third-order valence-corrected chi connectivity index (χ3v) is 4.55. The van der Waals surface area contributed by atoms with E-state index in [1.54, 1.807) is 55.6 Å². The molecule has 0 radical (unpaired) electrons.